The van der Waals surface area contributed by atoms with Gasteiger partial charge in [-0.15, -0.1) is 0 Å². The maximum absolute atomic E-state index is 13.9. The minimum atomic E-state index is -0.650. The first kappa shape index (κ1) is 22.1. The molecule has 0 radical (unpaired) electrons. The van der Waals surface area contributed by atoms with Crippen LogP contribution in [0.1, 0.15) is 68.9 Å². The van der Waals surface area contributed by atoms with Crippen LogP contribution in [0.25, 0.3) is 0 Å². The highest BCUT2D eigenvalue weighted by Crippen LogP contribution is 2.44. The number of hydrogen-bond donors (Lipinski definition) is 1. The number of aromatic nitrogens is 1. The molecule has 1 aromatic carbocycles. The number of hydrogen-bond acceptors (Lipinski definition) is 5. The Hall–Kier alpha value is -2.67. The summed E-state index contributed by atoms with van der Waals surface area (Å²) in [5, 5.41) is 0. The fourth-order valence-electron chi connectivity index (χ4n) is 6.61. The van der Waals surface area contributed by atoms with Crippen molar-refractivity contribution in [2.45, 2.75) is 68.9 Å². The van der Waals surface area contributed by atoms with Crippen molar-refractivity contribution in [2.24, 2.45) is 11.7 Å². The molecule has 7 heteroatoms. The lowest BCUT2D eigenvalue weighted by Gasteiger charge is -2.54. The molecule has 1 unspecified atom stereocenters. The van der Waals surface area contributed by atoms with Crippen LogP contribution in [-0.4, -0.2) is 47.1 Å². The van der Waals surface area contributed by atoms with Gasteiger partial charge in [-0.3, -0.25) is 9.59 Å². The van der Waals surface area contributed by atoms with Crippen molar-refractivity contribution in [1.82, 2.24) is 4.98 Å². The summed E-state index contributed by atoms with van der Waals surface area (Å²) in [5.41, 5.74) is 6.34. The van der Waals surface area contributed by atoms with E-state index in [4.69, 9.17) is 14.9 Å². The SMILES string of the molecule is NC(=O)C(c1ncco1)[N+]12CCC(CC1)[C@@H](OC(=O)C1(c3ccccc3)CCCCCC1)C2. The fourth-order valence-corrected chi connectivity index (χ4v) is 6.61. The summed E-state index contributed by atoms with van der Waals surface area (Å²) >= 11 is 0. The van der Waals surface area contributed by atoms with E-state index in [-0.39, 0.29) is 12.1 Å². The van der Waals surface area contributed by atoms with Crippen molar-refractivity contribution in [2.75, 3.05) is 19.6 Å². The van der Waals surface area contributed by atoms with Gasteiger partial charge in [0.2, 0.25) is 6.04 Å². The highest BCUT2D eigenvalue weighted by molar-refractivity contribution is 5.83. The molecule has 2 aromatic rings. The first-order valence-corrected chi connectivity index (χ1v) is 12.4. The summed E-state index contributed by atoms with van der Waals surface area (Å²) in [6.07, 6.45) is 10.6. The van der Waals surface area contributed by atoms with E-state index >= 15 is 0 Å². The Labute approximate surface area is 194 Å². The first-order chi connectivity index (χ1) is 16.0. The Morgan fingerprint density at radius 1 is 1.09 bits per heavy atom. The number of oxazole rings is 1. The summed E-state index contributed by atoms with van der Waals surface area (Å²) in [4.78, 5) is 30.7. The zero-order valence-corrected chi connectivity index (χ0v) is 19.2. The number of fused-ring (bicyclic) bond motifs is 3. The molecule has 1 amide bonds. The zero-order chi connectivity index (χ0) is 22.9. The number of nitrogens with zero attached hydrogens (tertiary/aromatic N) is 2. The summed E-state index contributed by atoms with van der Waals surface area (Å²) in [7, 11) is 0. The highest BCUT2D eigenvalue weighted by atomic mass is 16.5. The van der Waals surface area contributed by atoms with Gasteiger partial charge in [0.05, 0.1) is 24.7 Å². The summed E-state index contributed by atoms with van der Waals surface area (Å²) in [6.45, 7) is 2.22. The minimum absolute atomic E-state index is 0.0979. The number of rotatable bonds is 6. The number of esters is 1. The molecule has 3 saturated heterocycles. The number of amides is 1. The molecular weight excluding hydrogens is 418 g/mol. The van der Waals surface area contributed by atoms with E-state index in [0.717, 1.165) is 70.0 Å². The van der Waals surface area contributed by atoms with E-state index in [1.807, 2.05) is 18.2 Å². The second-order valence-corrected chi connectivity index (χ2v) is 10.2. The molecule has 2 N–H and O–H groups in total. The third-order valence-electron chi connectivity index (χ3n) is 8.39. The first-order valence-electron chi connectivity index (χ1n) is 12.4. The summed E-state index contributed by atoms with van der Waals surface area (Å²) in [5.74, 6) is 0.148. The molecule has 3 aliphatic heterocycles. The molecule has 4 fully saturated rings. The molecule has 2 atom stereocenters. The lowest BCUT2D eigenvalue weighted by molar-refractivity contribution is -0.966. The highest BCUT2D eigenvalue weighted by Gasteiger charge is 2.56. The molecule has 1 aliphatic carbocycles. The normalized spacial score (nSPS) is 29.7. The van der Waals surface area contributed by atoms with Gasteiger partial charge < -0.3 is 19.4 Å². The molecule has 1 aromatic heterocycles. The van der Waals surface area contributed by atoms with Crippen molar-refractivity contribution in [3.05, 3.63) is 54.2 Å². The van der Waals surface area contributed by atoms with Gasteiger partial charge in [0.25, 0.3) is 11.8 Å². The van der Waals surface area contributed by atoms with Crippen LogP contribution in [0.3, 0.4) is 0 Å². The molecule has 33 heavy (non-hydrogen) atoms. The summed E-state index contributed by atoms with van der Waals surface area (Å²) < 4.78 is 12.4. The van der Waals surface area contributed by atoms with Crippen molar-refractivity contribution < 1.29 is 23.2 Å². The van der Waals surface area contributed by atoms with Crippen LogP contribution in [0.5, 0.6) is 0 Å². The Balaban J connectivity index is 1.41. The van der Waals surface area contributed by atoms with Crippen LogP contribution in [0, 0.1) is 5.92 Å². The largest absolute Gasteiger partial charge is 0.455 e. The molecule has 6 rings (SSSR count). The molecular formula is C26H34N3O4+. The number of piperidine rings is 3. The van der Waals surface area contributed by atoms with Gasteiger partial charge in [0.1, 0.15) is 12.8 Å². The smallest absolute Gasteiger partial charge is 0.317 e. The third-order valence-corrected chi connectivity index (χ3v) is 8.39. The topological polar surface area (TPSA) is 95.4 Å². The van der Waals surface area contributed by atoms with E-state index < -0.39 is 17.4 Å². The van der Waals surface area contributed by atoms with Gasteiger partial charge in [-0.1, -0.05) is 56.0 Å². The maximum atomic E-state index is 13.9. The quantitative estimate of drug-likeness (QED) is 0.410. The predicted molar refractivity (Wildman–Crippen MR) is 122 cm³/mol. The Morgan fingerprint density at radius 2 is 1.79 bits per heavy atom. The fraction of sp³-hybridized carbons (Fsp3) is 0.577. The number of primary amides is 1. The van der Waals surface area contributed by atoms with E-state index in [9.17, 15) is 9.59 Å². The number of quaternary nitrogens is 1. The maximum Gasteiger partial charge on any atom is 0.317 e. The van der Waals surface area contributed by atoms with Gasteiger partial charge in [-0.2, -0.15) is 0 Å². The van der Waals surface area contributed by atoms with Gasteiger partial charge >= 0.3 is 5.97 Å². The Bertz CT molecular complexity index is 959. The van der Waals surface area contributed by atoms with Crippen LogP contribution < -0.4 is 5.73 Å². The van der Waals surface area contributed by atoms with E-state index in [1.165, 1.54) is 6.26 Å². The van der Waals surface area contributed by atoms with Gasteiger partial charge in [0.15, 0.2) is 6.10 Å². The second-order valence-electron chi connectivity index (χ2n) is 10.2. The van der Waals surface area contributed by atoms with Gasteiger partial charge in [-0.25, -0.2) is 4.98 Å². The Morgan fingerprint density at radius 3 is 2.39 bits per heavy atom. The standard InChI is InChI=1S/C26H33N3O4/c27-23(30)22(24-28-14-17-32-24)29-15-10-19(11-16-29)21(18-29)33-25(31)26(12-6-1-2-7-13-26)20-8-4-3-5-9-20/h3-5,8-9,14,17,19,21-22H,1-2,6-7,10-13,15-16,18H2,(H-,27,30)/p+1/t19?,21-,22?,29?/m0/s1. The lowest BCUT2D eigenvalue weighted by Crippen LogP contribution is -2.67. The van der Waals surface area contributed by atoms with Crippen molar-refractivity contribution in [1.29, 1.82) is 0 Å². The molecule has 4 aliphatic rings. The average molecular weight is 453 g/mol. The van der Waals surface area contributed by atoms with E-state index in [2.05, 4.69) is 17.1 Å². The molecule has 2 bridgehead atoms. The van der Waals surface area contributed by atoms with Crippen molar-refractivity contribution in [3.8, 4) is 0 Å². The van der Waals surface area contributed by atoms with Gasteiger partial charge in [-0.05, 0) is 18.4 Å². The van der Waals surface area contributed by atoms with Crippen LogP contribution >= 0.6 is 0 Å². The predicted octanol–water partition coefficient (Wildman–Crippen LogP) is 3.65. The Kier molecular flexibility index (Phi) is 5.99. The third kappa shape index (κ3) is 3.97. The number of benzene rings is 1. The second kappa shape index (κ2) is 8.93. The number of ether oxygens (including phenoxy) is 1. The molecule has 0 spiro atoms. The van der Waals surface area contributed by atoms with Crippen LogP contribution in [-0.2, 0) is 19.7 Å². The number of nitrogens with two attached hydrogens (primary N) is 1. The summed E-state index contributed by atoms with van der Waals surface area (Å²) in [6, 6.07) is 9.51. The van der Waals surface area contributed by atoms with Crippen LogP contribution in [0.15, 0.2) is 47.2 Å². The van der Waals surface area contributed by atoms with Crippen LogP contribution in [0.4, 0.5) is 0 Å². The monoisotopic (exact) mass is 452 g/mol. The van der Waals surface area contributed by atoms with Crippen molar-refractivity contribution in [3.63, 3.8) is 0 Å². The average Bonchev–Trinajstić information content (AvgIpc) is 3.22. The zero-order valence-electron chi connectivity index (χ0n) is 19.2. The molecule has 1 saturated carbocycles. The van der Waals surface area contributed by atoms with E-state index in [0.29, 0.717) is 22.8 Å². The molecule has 176 valence electrons. The number of carbonyl (C=O) groups is 2. The van der Waals surface area contributed by atoms with Gasteiger partial charge in [0, 0.05) is 18.8 Å². The number of carbonyl (C=O) groups excluding carboxylic acids is 2. The minimum Gasteiger partial charge on any atom is -0.455 e. The molecule has 7 nitrogen and oxygen atoms in total. The van der Waals surface area contributed by atoms with E-state index in [1.54, 1.807) is 6.20 Å². The van der Waals surface area contributed by atoms with Crippen molar-refractivity contribution >= 4 is 11.9 Å². The lowest BCUT2D eigenvalue weighted by atomic mass is 9.74. The van der Waals surface area contributed by atoms with Crippen LogP contribution in [0.2, 0.25) is 0 Å². The molecule has 4 heterocycles.